The molecule has 0 atom stereocenters. The van der Waals surface area contributed by atoms with Crippen LogP contribution in [0.5, 0.6) is 0 Å². The summed E-state index contributed by atoms with van der Waals surface area (Å²) in [5.41, 5.74) is 1.78. The first-order chi connectivity index (χ1) is 10.3. The molecular weight excluding hydrogens is 286 g/mol. The van der Waals surface area contributed by atoms with E-state index >= 15 is 0 Å². The Labute approximate surface area is 129 Å². The average molecular weight is 304 g/mol. The zero-order valence-electron chi connectivity index (χ0n) is 11.7. The molecule has 1 amide bonds. The number of nitrogens with one attached hydrogen (secondary N) is 2. The van der Waals surface area contributed by atoms with Crippen LogP contribution in [-0.2, 0) is 6.54 Å². The van der Waals surface area contributed by atoms with Crippen LogP contribution in [0.4, 0.5) is 0 Å². The van der Waals surface area contributed by atoms with E-state index in [9.17, 15) is 4.79 Å². The minimum absolute atomic E-state index is 0.0704. The fraction of sp³-hybridized carbons (Fsp3) is 0.250. The summed E-state index contributed by atoms with van der Waals surface area (Å²) < 4.78 is 0. The predicted octanol–water partition coefficient (Wildman–Crippen LogP) is 2.64. The number of hydrogen-bond donors (Lipinski definition) is 2. The van der Waals surface area contributed by atoms with Crippen LogP contribution in [0.1, 0.15) is 22.3 Å². The third-order valence-electron chi connectivity index (χ3n) is 2.97. The van der Waals surface area contributed by atoms with Crippen molar-refractivity contribution in [3.63, 3.8) is 0 Å². The molecule has 2 rings (SSSR count). The molecule has 1 aromatic carbocycles. The van der Waals surface area contributed by atoms with Gasteiger partial charge < -0.3 is 10.6 Å². The second-order valence-corrected chi connectivity index (χ2v) is 5.09. The molecule has 1 heterocycles. The van der Waals surface area contributed by atoms with Crippen LogP contribution in [0.3, 0.4) is 0 Å². The second-order valence-electron chi connectivity index (χ2n) is 4.65. The summed E-state index contributed by atoms with van der Waals surface area (Å²) in [5, 5.41) is 6.83. The van der Waals surface area contributed by atoms with Crippen LogP contribution < -0.4 is 10.6 Å². The van der Waals surface area contributed by atoms with Crippen LogP contribution in [0, 0.1) is 0 Å². The number of halogens is 1. The standard InChI is InChI=1S/C16H18ClN3O/c17-15-6-4-14(5-7-15)16(21)20-10-2-9-19-12-13-3-1-8-18-11-13/h1,3-8,11,19H,2,9-10,12H2,(H,20,21). The molecule has 0 aliphatic carbocycles. The summed E-state index contributed by atoms with van der Waals surface area (Å²) in [6.45, 7) is 2.27. The maximum absolute atomic E-state index is 11.8. The lowest BCUT2D eigenvalue weighted by atomic mass is 10.2. The third kappa shape index (κ3) is 5.53. The SMILES string of the molecule is O=C(NCCCNCc1cccnc1)c1ccc(Cl)cc1. The monoisotopic (exact) mass is 303 g/mol. The zero-order valence-corrected chi connectivity index (χ0v) is 12.4. The van der Waals surface area contributed by atoms with Crippen molar-refractivity contribution < 1.29 is 4.79 Å². The quantitative estimate of drug-likeness (QED) is 0.773. The number of pyridine rings is 1. The van der Waals surface area contributed by atoms with Gasteiger partial charge in [0.05, 0.1) is 0 Å². The van der Waals surface area contributed by atoms with Gasteiger partial charge in [0, 0.05) is 36.1 Å². The third-order valence-corrected chi connectivity index (χ3v) is 3.23. The zero-order chi connectivity index (χ0) is 14.9. The highest BCUT2D eigenvalue weighted by atomic mass is 35.5. The lowest BCUT2D eigenvalue weighted by Crippen LogP contribution is -2.27. The van der Waals surface area contributed by atoms with Crippen molar-refractivity contribution in [3.05, 3.63) is 64.9 Å². The Hall–Kier alpha value is -1.91. The normalized spacial score (nSPS) is 10.3. The van der Waals surface area contributed by atoms with E-state index in [1.165, 1.54) is 0 Å². The second kappa shape index (κ2) is 8.39. The van der Waals surface area contributed by atoms with Crippen molar-refractivity contribution >= 4 is 17.5 Å². The van der Waals surface area contributed by atoms with Crippen LogP contribution in [0.15, 0.2) is 48.8 Å². The fourth-order valence-electron chi connectivity index (χ4n) is 1.85. The molecule has 0 spiro atoms. The predicted molar refractivity (Wildman–Crippen MR) is 84.3 cm³/mol. The first kappa shape index (κ1) is 15.5. The van der Waals surface area contributed by atoms with E-state index in [2.05, 4.69) is 15.6 Å². The lowest BCUT2D eigenvalue weighted by Gasteiger charge is -2.07. The average Bonchev–Trinajstić information content (AvgIpc) is 2.52. The van der Waals surface area contributed by atoms with Crippen LogP contribution in [0.25, 0.3) is 0 Å². The molecular formula is C16H18ClN3O. The number of hydrogen-bond acceptors (Lipinski definition) is 3. The topological polar surface area (TPSA) is 54.0 Å². The number of carbonyl (C=O) groups excluding carboxylic acids is 1. The van der Waals surface area contributed by atoms with E-state index in [1.54, 1.807) is 30.5 Å². The van der Waals surface area contributed by atoms with E-state index in [4.69, 9.17) is 11.6 Å². The number of amides is 1. The first-order valence-corrected chi connectivity index (χ1v) is 7.27. The largest absolute Gasteiger partial charge is 0.352 e. The Kier molecular flexibility index (Phi) is 6.19. The lowest BCUT2D eigenvalue weighted by molar-refractivity contribution is 0.0953. The van der Waals surface area contributed by atoms with Crippen LogP contribution in [-0.4, -0.2) is 24.0 Å². The molecule has 0 radical (unpaired) electrons. The Morgan fingerprint density at radius 3 is 2.67 bits per heavy atom. The number of aromatic nitrogens is 1. The number of rotatable bonds is 7. The van der Waals surface area contributed by atoms with Gasteiger partial charge in [0.25, 0.3) is 5.91 Å². The first-order valence-electron chi connectivity index (χ1n) is 6.89. The molecule has 2 aromatic rings. The number of carbonyl (C=O) groups is 1. The molecule has 0 saturated carbocycles. The van der Waals surface area contributed by atoms with Gasteiger partial charge in [0.15, 0.2) is 0 Å². The molecule has 21 heavy (non-hydrogen) atoms. The van der Waals surface area contributed by atoms with Gasteiger partial charge in [0.1, 0.15) is 0 Å². The Balaban J connectivity index is 1.59. The van der Waals surface area contributed by atoms with Gasteiger partial charge in [-0.3, -0.25) is 9.78 Å². The molecule has 1 aromatic heterocycles. The maximum atomic E-state index is 11.8. The number of benzene rings is 1. The van der Waals surface area contributed by atoms with Crippen molar-refractivity contribution in [3.8, 4) is 0 Å². The minimum atomic E-state index is -0.0704. The summed E-state index contributed by atoms with van der Waals surface area (Å²) in [6, 6.07) is 10.8. The highest BCUT2D eigenvalue weighted by Crippen LogP contribution is 2.09. The summed E-state index contributed by atoms with van der Waals surface area (Å²) in [4.78, 5) is 15.9. The molecule has 5 heteroatoms. The fourth-order valence-corrected chi connectivity index (χ4v) is 1.98. The van der Waals surface area contributed by atoms with Crippen molar-refractivity contribution in [1.82, 2.24) is 15.6 Å². The van der Waals surface area contributed by atoms with E-state index in [0.717, 1.165) is 25.1 Å². The van der Waals surface area contributed by atoms with Crippen LogP contribution >= 0.6 is 11.6 Å². The van der Waals surface area contributed by atoms with Crippen molar-refractivity contribution in [2.45, 2.75) is 13.0 Å². The summed E-state index contributed by atoms with van der Waals surface area (Å²) >= 11 is 5.78. The van der Waals surface area contributed by atoms with Gasteiger partial charge in [0.2, 0.25) is 0 Å². The van der Waals surface area contributed by atoms with E-state index in [1.807, 2.05) is 18.3 Å². The molecule has 0 aliphatic heterocycles. The number of nitrogens with zero attached hydrogens (tertiary/aromatic N) is 1. The van der Waals surface area contributed by atoms with Crippen molar-refractivity contribution in [1.29, 1.82) is 0 Å². The van der Waals surface area contributed by atoms with Gasteiger partial charge in [-0.25, -0.2) is 0 Å². The van der Waals surface area contributed by atoms with E-state index in [-0.39, 0.29) is 5.91 Å². The van der Waals surface area contributed by atoms with Crippen molar-refractivity contribution in [2.24, 2.45) is 0 Å². The van der Waals surface area contributed by atoms with Gasteiger partial charge >= 0.3 is 0 Å². The molecule has 0 fully saturated rings. The van der Waals surface area contributed by atoms with Gasteiger partial charge in [-0.2, -0.15) is 0 Å². The van der Waals surface area contributed by atoms with Gasteiger partial charge in [-0.1, -0.05) is 17.7 Å². The molecule has 0 aliphatic rings. The summed E-state index contributed by atoms with van der Waals surface area (Å²) in [7, 11) is 0. The Morgan fingerprint density at radius 1 is 1.14 bits per heavy atom. The summed E-state index contributed by atoms with van der Waals surface area (Å²) in [6.07, 6.45) is 4.48. The highest BCUT2D eigenvalue weighted by molar-refractivity contribution is 6.30. The molecule has 0 bridgehead atoms. The van der Waals surface area contributed by atoms with Crippen molar-refractivity contribution in [2.75, 3.05) is 13.1 Å². The molecule has 0 unspecified atom stereocenters. The minimum Gasteiger partial charge on any atom is -0.352 e. The molecule has 2 N–H and O–H groups in total. The Bertz CT molecular complexity index is 557. The van der Waals surface area contributed by atoms with Crippen LogP contribution in [0.2, 0.25) is 5.02 Å². The van der Waals surface area contributed by atoms with E-state index in [0.29, 0.717) is 17.1 Å². The molecule has 4 nitrogen and oxygen atoms in total. The highest BCUT2D eigenvalue weighted by Gasteiger charge is 2.03. The molecule has 110 valence electrons. The van der Waals surface area contributed by atoms with Gasteiger partial charge in [-0.05, 0) is 48.9 Å². The Morgan fingerprint density at radius 2 is 1.95 bits per heavy atom. The van der Waals surface area contributed by atoms with Gasteiger partial charge in [-0.15, -0.1) is 0 Å². The summed E-state index contributed by atoms with van der Waals surface area (Å²) in [5.74, 6) is -0.0704. The molecule has 0 saturated heterocycles. The van der Waals surface area contributed by atoms with E-state index < -0.39 is 0 Å². The smallest absolute Gasteiger partial charge is 0.251 e. The maximum Gasteiger partial charge on any atom is 0.251 e.